The Morgan fingerprint density at radius 2 is 1.97 bits per heavy atom. The molecule has 1 aromatic carbocycles. The van der Waals surface area contributed by atoms with Gasteiger partial charge in [-0.15, -0.1) is 0 Å². The molecule has 168 valence electrons. The molecule has 3 heterocycles. The SMILES string of the molecule is COc1ccccc1-c1cn(C)c(CCNC(=O)Oc2c(C(=O)N3CCC3)cnn2C)n1. The summed E-state index contributed by atoms with van der Waals surface area (Å²) in [6.07, 6.45) is 4.19. The first-order valence-electron chi connectivity index (χ1n) is 10.4. The van der Waals surface area contributed by atoms with Crippen LogP contribution in [0.15, 0.2) is 36.7 Å². The summed E-state index contributed by atoms with van der Waals surface area (Å²) in [5.74, 6) is 1.51. The molecular weight excluding hydrogens is 412 g/mol. The molecule has 0 saturated carbocycles. The maximum atomic E-state index is 12.5. The molecule has 1 saturated heterocycles. The zero-order valence-corrected chi connectivity index (χ0v) is 18.4. The molecule has 1 fully saturated rings. The van der Waals surface area contributed by atoms with Gasteiger partial charge in [0.1, 0.15) is 17.1 Å². The van der Waals surface area contributed by atoms with Gasteiger partial charge in [0.05, 0.1) is 19.0 Å². The Balaban J connectivity index is 1.36. The van der Waals surface area contributed by atoms with Crippen molar-refractivity contribution in [3.05, 3.63) is 48.0 Å². The van der Waals surface area contributed by atoms with Gasteiger partial charge in [0.15, 0.2) is 0 Å². The number of aromatic nitrogens is 4. The number of imidazole rings is 1. The Kier molecular flexibility index (Phi) is 6.11. The third-order valence-electron chi connectivity index (χ3n) is 5.42. The monoisotopic (exact) mass is 438 g/mol. The molecule has 4 rings (SSSR count). The standard InChI is InChI=1S/C22H26N6O4/c1-26-14-17(15-7-4-5-8-18(15)31-3)25-19(26)9-10-23-22(30)32-21-16(13-24-27(21)2)20(29)28-11-6-12-28/h4-5,7-8,13-14H,6,9-12H2,1-3H3,(H,23,30). The predicted molar refractivity (Wildman–Crippen MR) is 117 cm³/mol. The molecule has 0 unspecified atom stereocenters. The highest BCUT2D eigenvalue weighted by Gasteiger charge is 2.27. The van der Waals surface area contributed by atoms with Crippen LogP contribution < -0.4 is 14.8 Å². The van der Waals surface area contributed by atoms with Gasteiger partial charge in [-0.25, -0.2) is 14.5 Å². The number of carbonyl (C=O) groups is 2. The number of nitrogens with zero attached hydrogens (tertiary/aromatic N) is 5. The van der Waals surface area contributed by atoms with Crippen molar-refractivity contribution in [2.45, 2.75) is 12.8 Å². The van der Waals surface area contributed by atoms with Gasteiger partial charge in [0.25, 0.3) is 5.91 Å². The third kappa shape index (κ3) is 4.29. The Labute approximate surface area is 185 Å². The van der Waals surface area contributed by atoms with Gasteiger partial charge >= 0.3 is 6.09 Å². The van der Waals surface area contributed by atoms with Crippen LogP contribution in [-0.4, -0.2) is 63.0 Å². The van der Waals surface area contributed by atoms with Crippen LogP contribution in [-0.2, 0) is 20.5 Å². The maximum Gasteiger partial charge on any atom is 0.413 e. The summed E-state index contributed by atoms with van der Waals surface area (Å²) in [6.45, 7) is 1.74. The highest BCUT2D eigenvalue weighted by Crippen LogP contribution is 2.28. The molecule has 0 atom stereocenters. The number of hydrogen-bond acceptors (Lipinski definition) is 6. The fourth-order valence-corrected chi connectivity index (χ4v) is 3.51. The van der Waals surface area contributed by atoms with Gasteiger partial charge < -0.3 is 24.3 Å². The van der Waals surface area contributed by atoms with E-state index in [9.17, 15) is 9.59 Å². The van der Waals surface area contributed by atoms with Crippen molar-refractivity contribution in [2.24, 2.45) is 14.1 Å². The van der Waals surface area contributed by atoms with Crippen molar-refractivity contribution >= 4 is 12.0 Å². The van der Waals surface area contributed by atoms with Crippen molar-refractivity contribution in [1.82, 2.24) is 29.5 Å². The van der Waals surface area contributed by atoms with Crippen LogP contribution in [0.3, 0.4) is 0 Å². The van der Waals surface area contributed by atoms with Crippen LogP contribution in [0.5, 0.6) is 11.6 Å². The predicted octanol–water partition coefficient (Wildman–Crippen LogP) is 2.01. The molecule has 0 spiro atoms. The largest absolute Gasteiger partial charge is 0.496 e. The highest BCUT2D eigenvalue weighted by atomic mass is 16.6. The van der Waals surface area contributed by atoms with E-state index in [4.69, 9.17) is 9.47 Å². The van der Waals surface area contributed by atoms with Gasteiger partial charge in [0, 0.05) is 51.9 Å². The van der Waals surface area contributed by atoms with E-state index in [1.54, 1.807) is 19.1 Å². The van der Waals surface area contributed by atoms with Gasteiger partial charge in [-0.05, 0) is 18.6 Å². The molecule has 10 nitrogen and oxygen atoms in total. The molecule has 32 heavy (non-hydrogen) atoms. The number of nitrogens with one attached hydrogen (secondary N) is 1. The average Bonchev–Trinajstić information content (AvgIpc) is 3.29. The fourth-order valence-electron chi connectivity index (χ4n) is 3.51. The van der Waals surface area contributed by atoms with E-state index in [0.29, 0.717) is 26.1 Å². The minimum absolute atomic E-state index is 0.134. The number of likely N-dealkylation sites (tertiary alicyclic amines) is 1. The van der Waals surface area contributed by atoms with Crippen LogP contribution in [0, 0.1) is 0 Å². The van der Waals surface area contributed by atoms with Crippen molar-refractivity contribution in [3.63, 3.8) is 0 Å². The molecule has 1 aliphatic heterocycles. The Bertz CT molecular complexity index is 1130. The van der Waals surface area contributed by atoms with E-state index in [1.807, 2.05) is 42.1 Å². The second-order valence-corrected chi connectivity index (χ2v) is 7.55. The van der Waals surface area contributed by atoms with Crippen LogP contribution in [0.1, 0.15) is 22.6 Å². The minimum Gasteiger partial charge on any atom is -0.496 e. The van der Waals surface area contributed by atoms with E-state index in [0.717, 1.165) is 29.3 Å². The molecule has 1 N–H and O–H groups in total. The third-order valence-corrected chi connectivity index (χ3v) is 5.42. The molecule has 0 bridgehead atoms. The zero-order valence-electron chi connectivity index (χ0n) is 18.4. The molecule has 0 aliphatic carbocycles. The first-order chi connectivity index (χ1) is 15.5. The minimum atomic E-state index is -0.648. The van der Waals surface area contributed by atoms with E-state index in [2.05, 4.69) is 15.4 Å². The van der Waals surface area contributed by atoms with E-state index in [1.165, 1.54) is 10.9 Å². The maximum absolute atomic E-state index is 12.5. The van der Waals surface area contributed by atoms with Gasteiger partial charge in [0.2, 0.25) is 5.88 Å². The van der Waals surface area contributed by atoms with Crippen molar-refractivity contribution in [1.29, 1.82) is 0 Å². The van der Waals surface area contributed by atoms with E-state index >= 15 is 0 Å². The molecule has 10 heteroatoms. The summed E-state index contributed by atoms with van der Waals surface area (Å²) >= 11 is 0. The number of amides is 2. The second-order valence-electron chi connectivity index (χ2n) is 7.55. The number of para-hydroxylation sites is 1. The number of aryl methyl sites for hydroxylation is 2. The first-order valence-corrected chi connectivity index (χ1v) is 10.4. The van der Waals surface area contributed by atoms with Crippen LogP contribution in [0.25, 0.3) is 11.3 Å². The second kappa shape index (κ2) is 9.13. The summed E-state index contributed by atoms with van der Waals surface area (Å²) in [6, 6.07) is 7.68. The average molecular weight is 438 g/mol. The summed E-state index contributed by atoms with van der Waals surface area (Å²) in [7, 11) is 5.16. The lowest BCUT2D eigenvalue weighted by atomic mass is 10.1. The molecule has 2 aromatic heterocycles. The number of methoxy groups -OCH3 is 1. The van der Waals surface area contributed by atoms with Crippen molar-refractivity contribution in [2.75, 3.05) is 26.7 Å². The lowest BCUT2D eigenvalue weighted by Crippen LogP contribution is -2.42. The quantitative estimate of drug-likeness (QED) is 0.605. The molecular formula is C22H26N6O4. The number of rotatable bonds is 7. The smallest absolute Gasteiger partial charge is 0.413 e. The van der Waals surface area contributed by atoms with E-state index in [-0.39, 0.29) is 17.4 Å². The van der Waals surface area contributed by atoms with Gasteiger partial charge in [-0.3, -0.25) is 4.79 Å². The van der Waals surface area contributed by atoms with E-state index < -0.39 is 6.09 Å². The molecule has 3 aromatic rings. The Morgan fingerprint density at radius 3 is 2.69 bits per heavy atom. The van der Waals surface area contributed by atoms with Crippen LogP contribution >= 0.6 is 0 Å². The first kappa shape index (κ1) is 21.4. The molecule has 0 radical (unpaired) electrons. The Hall–Kier alpha value is -3.82. The van der Waals surface area contributed by atoms with Crippen molar-refractivity contribution in [3.8, 4) is 22.9 Å². The topological polar surface area (TPSA) is 104 Å². The van der Waals surface area contributed by atoms with Crippen molar-refractivity contribution < 1.29 is 19.1 Å². The number of benzene rings is 1. The molecule has 2 amide bonds. The van der Waals surface area contributed by atoms with Gasteiger partial charge in [-0.2, -0.15) is 5.10 Å². The van der Waals surface area contributed by atoms with Crippen LogP contribution in [0.2, 0.25) is 0 Å². The summed E-state index contributed by atoms with van der Waals surface area (Å²) in [5, 5.41) is 6.77. The normalized spacial score (nSPS) is 12.9. The number of ether oxygens (including phenoxy) is 2. The summed E-state index contributed by atoms with van der Waals surface area (Å²) < 4.78 is 14.1. The number of carbonyl (C=O) groups excluding carboxylic acids is 2. The lowest BCUT2D eigenvalue weighted by molar-refractivity contribution is 0.0648. The lowest BCUT2D eigenvalue weighted by Gasteiger charge is -2.30. The summed E-state index contributed by atoms with van der Waals surface area (Å²) in [5.41, 5.74) is 1.99. The summed E-state index contributed by atoms with van der Waals surface area (Å²) in [4.78, 5) is 31.2. The Morgan fingerprint density at radius 1 is 1.19 bits per heavy atom. The van der Waals surface area contributed by atoms with Gasteiger partial charge in [-0.1, -0.05) is 12.1 Å². The highest BCUT2D eigenvalue weighted by molar-refractivity contribution is 5.97. The zero-order chi connectivity index (χ0) is 22.7. The van der Waals surface area contributed by atoms with Crippen LogP contribution in [0.4, 0.5) is 4.79 Å². The number of hydrogen-bond donors (Lipinski definition) is 1. The molecule has 1 aliphatic rings. The fraction of sp³-hybridized carbons (Fsp3) is 0.364.